The van der Waals surface area contributed by atoms with Crippen LogP contribution in [0.25, 0.3) is 0 Å². The van der Waals surface area contributed by atoms with Crippen LogP contribution >= 0.6 is 0 Å². The summed E-state index contributed by atoms with van der Waals surface area (Å²) in [5.41, 5.74) is 0. The molecule has 2 nitrogen and oxygen atoms in total. The van der Waals surface area contributed by atoms with Gasteiger partial charge in [0.15, 0.2) is 0 Å². The molecule has 1 fully saturated rings. The molecule has 0 aromatic rings. The third kappa shape index (κ3) is 2.04. The van der Waals surface area contributed by atoms with Crippen molar-refractivity contribution in [2.75, 3.05) is 13.1 Å². The Kier molecular flexibility index (Phi) is 3.34. The van der Waals surface area contributed by atoms with Crippen LogP contribution in [0.2, 0.25) is 0 Å². The largest absolute Gasteiger partial charge is 0.298 e. The zero-order chi connectivity index (χ0) is 10.7. The van der Waals surface area contributed by atoms with Crippen LogP contribution in [0.3, 0.4) is 0 Å². The summed E-state index contributed by atoms with van der Waals surface area (Å²) < 4.78 is 0. The molecule has 2 aliphatic carbocycles. The summed E-state index contributed by atoms with van der Waals surface area (Å²) in [6.45, 7) is 5.99. The SMILES string of the molecule is CC=NCC1C2C=CC(C2)C1CN=CC. The summed E-state index contributed by atoms with van der Waals surface area (Å²) >= 11 is 0. The van der Waals surface area contributed by atoms with E-state index in [1.165, 1.54) is 6.42 Å². The number of nitrogens with zero attached hydrogens (tertiary/aromatic N) is 2. The molecule has 82 valence electrons. The summed E-state index contributed by atoms with van der Waals surface area (Å²) in [4.78, 5) is 8.84. The standard InChI is InChI=1S/C13H20N2/c1-3-14-8-12-10-5-6-11(7-10)13(12)9-15-4-2/h3-6,10-13H,7-9H2,1-2H3. The van der Waals surface area contributed by atoms with E-state index in [-0.39, 0.29) is 0 Å². The molecule has 0 heterocycles. The Balaban J connectivity index is 2.02. The fourth-order valence-corrected chi connectivity index (χ4v) is 3.02. The minimum absolute atomic E-state index is 0.736. The second kappa shape index (κ2) is 4.73. The number of allylic oxidation sites excluding steroid dienone is 2. The average Bonchev–Trinajstić information content (AvgIpc) is 2.83. The number of hydrogen-bond donors (Lipinski definition) is 0. The van der Waals surface area contributed by atoms with Crippen LogP contribution in [0.5, 0.6) is 0 Å². The van der Waals surface area contributed by atoms with Crippen molar-refractivity contribution in [2.24, 2.45) is 33.7 Å². The first kappa shape index (κ1) is 10.6. The maximum absolute atomic E-state index is 4.42. The highest BCUT2D eigenvalue weighted by Crippen LogP contribution is 2.48. The van der Waals surface area contributed by atoms with Crippen molar-refractivity contribution in [2.45, 2.75) is 20.3 Å². The lowest BCUT2D eigenvalue weighted by atomic mass is 9.83. The summed E-state index contributed by atoms with van der Waals surface area (Å²) in [6, 6.07) is 0. The van der Waals surface area contributed by atoms with E-state index in [9.17, 15) is 0 Å². The molecule has 0 amide bonds. The van der Waals surface area contributed by atoms with E-state index in [4.69, 9.17) is 0 Å². The molecule has 0 spiro atoms. The molecule has 2 rings (SSSR count). The topological polar surface area (TPSA) is 24.7 Å². The van der Waals surface area contributed by atoms with Crippen LogP contribution < -0.4 is 0 Å². The van der Waals surface area contributed by atoms with Gasteiger partial charge in [-0.3, -0.25) is 9.98 Å². The van der Waals surface area contributed by atoms with Crippen LogP contribution in [0.4, 0.5) is 0 Å². The van der Waals surface area contributed by atoms with Gasteiger partial charge >= 0.3 is 0 Å². The Morgan fingerprint density at radius 2 is 1.47 bits per heavy atom. The molecule has 4 unspecified atom stereocenters. The lowest BCUT2D eigenvalue weighted by molar-refractivity contribution is 0.327. The second-order valence-electron chi connectivity index (χ2n) is 4.52. The van der Waals surface area contributed by atoms with E-state index in [0.29, 0.717) is 0 Å². The maximum Gasteiger partial charge on any atom is 0.0422 e. The van der Waals surface area contributed by atoms with Crippen molar-refractivity contribution < 1.29 is 0 Å². The van der Waals surface area contributed by atoms with Gasteiger partial charge < -0.3 is 0 Å². The molecule has 0 aromatic carbocycles. The summed E-state index contributed by atoms with van der Waals surface area (Å²) in [7, 11) is 0. The highest BCUT2D eigenvalue weighted by atomic mass is 14.8. The van der Waals surface area contributed by atoms with Gasteiger partial charge in [-0.25, -0.2) is 0 Å². The predicted octanol–water partition coefficient (Wildman–Crippen LogP) is 2.61. The smallest absolute Gasteiger partial charge is 0.0422 e. The maximum atomic E-state index is 4.42. The third-order valence-corrected chi connectivity index (χ3v) is 3.80. The second-order valence-corrected chi connectivity index (χ2v) is 4.52. The highest BCUT2D eigenvalue weighted by Gasteiger charge is 2.43. The van der Waals surface area contributed by atoms with Crippen LogP contribution in [0.1, 0.15) is 20.3 Å². The number of hydrogen-bond acceptors (Lipinski definition) is 2. The predicted molar refractivity (Wildman–Crippen MR) is 65.8 cm³/mol. The third-order valence-electron chi connectivity index (χ3n) is 3.80. The molecule has 0 radical (unpaired) electrons. The van der Waals surface area contributed by atoms with Gasteiger partial charge in [-0.1, -0.05) is 12.2 Å². The molecule has 2 heteroatoms. The van der Waals surface area contributed by atoms with E-state index in [1.54, 1.807) is 0 Å². The highest BCUT2D eigenvalue weighted by molar-refractivity contribution is 5.53. The molecule has 1 saturated carbocycles. The lowest BCUT2D eigenvalue weighted by Crippen LogP contribution is -2.24. The molecule has 2 bridgehead atoms. The Morgan fingerprint density at radius 1 is 1.00 bits per heavy atom. The molecule has 4 atom stereocenters. The van der Waals surface area contributed by atoms with Crippen LogP contribution in [0.15, 0.2) is 22.1 Å². The van der Waals surface area contributed by atoms with Gasteiger partial charge in [-0.2, -0.15) is 0 Å². The van der Waals surface area contributed by atoms with E-state index >= 15 is 0 Å². The first-order chi connectivity index (χ1) is 7.36. The Morgan fingerprint density at radius 3 is 1.87 bits per heavy atom. The quantitative estimate of drug-likeness (QED) is 0.497. The number of rotatable bonds is 4. The number of fused-ring (bicyclic) bond motifs is 2. The molecular weight excluding hydrogens is 184 g/mol. The fourth-order valence-electron chi connectivity index (χ4n) is 3.02. The van der Waals surface area contributed by atoms with Crippen molar-refractivity contribution in [3.8, 4) is 0 Å². The normalized spacial score (nSPS) is 38.8. The summed E-state index contributed by atoms with van der Waals surface area (Å²) in [6.07, 6.45) is 9.98. The van der Waals surface area contributed by atoms with Crippen molar-refractivity contribution in [3.05, 3.63) is 12.2 Å². The Bertz CT molecular complexity index is 263. The zero-order valence-corrected chi connectivity index (χ0v) is 9.63. The monoisotopic (exact) mass is 204 g/mol. The van der Waals surface area contributed by atoms with Crippen molar-refractivity contribution >= 4 is 12.4 Å². The van der Waals surface area contributed by atoms with Crippen LogP contribution in [0, 0.1) is 23.7 Å². The van der Waals surface area contributed by atoms with E-state index in [0.717, 1.165) is 36.8 Å². The van der Waals surface area contributed by atoms with Gasteiger partial charge in [0.1, 0.15) is 0 Å². The van der Waals surface area contributed by atoms with Gasteiger partial charge in [0.2, 0.25) is 0 Å². The molecule has 15 heavy (non-hydrogen) atoms. The van der Waals surface area contributed by atoms with Gasteiger partial charge in [0.25, 0.3) is 0 Å². The van der Waals surface area contributed by atoms with Crippen molar-refractivity contribution in [3.63, 3.8) is 0 Å². The van der Waals surface area contributed by atoms with Gasteiger partial charge in [-0.05, 0) is 56.4 Å². The molecule has 2 aliphatic rings. The summed E-state index contributed by atoms with van der Waals surface area (Å²) in [5, 5.41) is 0. The minimum atomic E-state index is 0.736. The van der Waals surface area contributed by atoms with Gasteiger partial charge in [0.05, 0.1) is 0 Å². The van der Waals surface area contributed by atoms with Gasteiger partial charge in [-0.15, -0.1) is 0 Å². The number of aliphatic imine (C=N–C) groups is 2. The fraction of sp³-hybridized carbons (Fsp3) is 0.692. The first-order valence-corrected chi connectivity index (χ1v) is 5.94. The molecule has 0 N–H and O–H groups in total. The minimum Gasteiger partial charge on any atom is -0.298 e. The lowest BCUT2D eigenvalue weighted by Gasteiger charge is -2.25. The zero-order valence-electron chi connectivity index (χ0n) is 9.63. The Labute approximate surface area is 92.2 Å². The van der Waals surface area contributed by atoms with Crippen molar-refractivity contribution in [1.29, 1.82) is 0 Å². The van der Waals surface area contributed by atoms with Gasteiger partial charge in [0, 0.05) is 13.1 Å². The van der Waals surface area contributed by atoms with Crippen molar-refractivity contribution in [1.82, 2.24) is 0 Å². The molecular formula is C13H20N2. The Hall–Kier alpha value is -0.920. The van der Waals surface area contributed by atoms with Crippen LogP contribution in [-0.2, 0) is 0 Å². The van der Waals surface area contributed by atoms with Crippen LogP contribution in [-0.4, -0.2) is 25.5 Å². The van der Waals surface area contributed by atoms with E-state index in [1.807, 2.05) is 26.3 Å². The average molecular weight is 204 g/mol. The molecule has 0 aliphatic heterocycles. The molecule has 0 saturated heterocycles. The first-order valence-electron chi connectivity index (χ1n) is 5.94. The molecule has 0 aromatic heterocycles. The summed E-state index contributed by atoms with van der Waals surface area (Å²) in [5.74, 6) is 3.02. The van der Waals surface area contributed by atoms with E-state index in [2.05, 4.69) is 22.1 Å². The van der Waals surface area contributed by atoms with E-state index < -0.39 is 0 Å².